The van der Waals surface area contributed by atoms with Crippen molar-refractivity contribution in [1.29, 1.82) is 0 Å². The molecule has 1 unspecified atom stereocenters. The predicted octanol–water partition coefficient (Wildman–Crippen LogP) is 2.38. The zero-order chi connectivity index (χ0) is 12.7. The van der Waals surface area contributed by atoms with Crippen LogP contribution in [0.25, 0.3) is 0 Å². The lowest BCUT2D eigenvalue weighted by Crippen LogP contribution is -2.41. The maximum Gasteiger partial charge on any atom is 0.257 e. The summed E-state index contributed by atoms with van der Waals surface area (Å²) in [5, 5.41) is 0. The van der Waals surface area contributed by atoms with Gasteiger partial charge in [-0.05, 0) is 31.9 Å². The molecule has 1 atom stereocenters. The monoisotopic (exact) mass is 238 g/mol. The second-order valence-corrected chi connectivity index (χ2v) is 4.45. The van der Waals surface area contributed by atoms with E-state index in [2.05, 4.69) is 11.9 Å². The van der Waals surface area contributed by atoms with E-state index in [4.69, 9.17) is 15.2 Å². The summed E-state index contributed by atoms with van der Waals surface area (Å²) >= 11 is 0. The molecule has 1 aromatic rings. The summed E-state index contributed by atoms with van der Waals surface area (Å²) in [6.45, 7) is 7.16. The lowest BCUT2D eigenvalue weighted by molar-refractivity contribution is 0.204. The van der Waals surface area contributed by atoms with E-state index in [9.17, 15) is 0 Å². The first-order valence-corrected chi connectivity index (χ1v) is 6.08. The second kappa shape index (κ2) is 6.45. The predicted molar refractivity (Wildman–Crippen MR) is 68.4 cm³/mol. The van der Waals surface area contributed by atoms with E-state index in [1.165, 1.54) is 0 Å². The summed E-state index contributed by atoms with van der Waals surface area (Å²) < 4.78 is 11.2. The van der Waals surface area contributed by atoms with Crippen LogP contribution in [0.3, 0.4) is 0 Å². The minimum absolute atomic E-state index is 0.334. The highest BCUT2D eigenvalue weighted by Crippen LogP contribution is 2.24. The molecule has 1 heterocycles. The van der Waals surface area contributed by atoms with E-state index >= 15 is 0 Å². The van der Waals surface area contributed by atoms with Crippen LogP contribution in [0.4, 0.5) is 0 Å². The molecule has 96 valence electrons. The Balaban J connectivity index is 2.63. The summed E-state index contributed by atoms with van der Waals surface area (Å²) in [6, 6.07) is 3.69. The van der Waals surface area contributed by atoms with Gasteiger partial charge in [-0.15, -0.1) is 0 Å². The molecule has 1 rings (SSSR count). The summed E-state index contributed by atoms with van der Waals surface area (Å²) in [4.78, 5) is 4.17. The minimum atomic E-state index is -0.334. The molecule has 0 bridgehead atoms. The van der Waals surface area contributed by atoms with Crippen LogP contribution < -0.4 is 15.2 Å². The summed E-state index contributed by atoms with van der Waals surface area (Å²) in [5.41, 5.74) is 5.69. The fourth-order valence-corrected chi connectivity index (χ4v) is 1.14. The normalized spacial score (nSPS) is 14.1. The molecular formula is C13H22N2O2. The molecular weight excluding hydrogens is 216 g/mol. The van der Waals surface area contributed by atoms with Crippen molar-refractivity contribution >= 4 is 0 Å². The molecule has 0 spiro atoms. The molecule has 2 N–H and O–H groups in total. The maximum absolute atomic E-state index is 6.02. The van der Waals surface area contributed by atoms with Crippen LogP contribution in [0.2, 0.25) is 0 Å². The molecule has 0 amide bonds. The van der Waals surface area contributed by atoms with Gasteiger partial charge in [-0.1, -0.05) is 13.8 Å². The van der Waals surface area contributed by atoms with Crippen molar-refractivity contribution in [2.24, 2.45) is 5.73 Å². The first-order valence-electron chi connectivity index (χ1n) is 6.08. The third-order valence-corrected chi connectivity index (χ3v) is 2.54. The molecule has 0 aliphatic rings. The van der Waals surface area contributed by atoms with Gasteiger partial charge in [0.2, 0.25) is 0 Å². The highest BCUT2D eigenvalue weighted by molar-refractivity contribution is 5.32. The molecule has 4 heteroatoms. The fraction of sp³-hybridized carbons (Fsp3) is 0.615. The van der Waals surface area contributed by atoms with Crippen LogP contribution in [0.15, 0.2) is 18.3 Å². The van der Waals surface area contributed by atoms with Crippen molar-refractivity contribution in [3.63, 3.8) is 0 Å². The van der Waals surface area contributed by atoms with Gasteiger partial charge in [-0.2, -0.15) is 0 Å². The number of ether oxygens (including phenoxy) is 2. The number of nitrogens with zero attached hydrogens (tertiary/aromatic N) is 1. The van der Waals surface area contributed by atoms with Crippen molar-refractivity contribution in [3.8, 4) is 11.6 Å². The van der Waals surface area contributed by atoms with Crippen LogP contribution in [0, 0.1) is 0 Å². The average Bonchev–Trinajstić information content (AvgIpc) is 2.35. The van der Waals surface area contributed by atoms with Gasteiger partial charge in [0.25, 0.3) is 5.88 Å². The van der Waals surface area contributed by atoms with Gasteiger partial charge in [-0.25, -0.2) is 4.98 Å². The molecule has 0 aliphatic heterocycles. The number of hydrogen-bond acceptors (Lipinski definition) is 4. The fourth-order valence-electron chi connectivity index (χ4n) is 1.14. The van der Waals surface area contributed by atoms with E-state index < -0.39 is 0 Å². The number of rotatable bonds is 7. The Morgan fingerprint density at radius 2 is 2.12 bits per heavy atom. The molecule has 4 nitrogen and oxygen atoms in total. The van der Waals surface area contributed by atoms with Crippen LogP contribution in [0.1, 0.15) is 33.6 Å². The zero-order valence-corrected chi connectivity index (χ0v) is 10.9. The Morgan fingerprint density at radius 3 is 2.76 bits per heavy atom. The lowest BCUT2D eigenvalue weighted by Gasteiger charge is -2.22. The quantitative estimate of drug-likeness (QED) is 0.792. The number of nitrogens with two attached hydrogens (primary N) is 1. The molecule has 1 aromatic heterocycles. The Bertz CT molecular complexity index is 340. The first kappa shape index (κ1) is 13.8. The third-order valence-electron chi connectivity index (χ3n) is 2.54. The Morgan fingerprint density at radius 1 is 1.35 bits per heavy atom. The Kier molecular flexibility index (Phi) is 5.22. The number of pyridine rings is 1. The van der Waals surface area contributed by atoms with Crippen molar-refractivity contribution in [2.75, 3.05) is 13.2 Å². The van der Waals surface area contributed by atoms with Crippen molar-refractivity contribution in [2.45, 2.75) is 39.2 Å². The van der Waals surface area contributed by atoms with Gasteiger partial charge in [0.1, 0.15) is 6.61 Å². The van der Waals surface area contributed by atoms with Gasteiger partial charge < -0.3 is 15.2 Å². The number of aromatic nitrogens is 1. The molecule has 0 aliphatic carbocycles. The Labute approximate surface area is 103 Å². The molecule has 0 saturated carbocycles. The van der Waals surface area contributed by atoms with E-state index in [-0.39, 0.29) is 5.54 Å². The van der Waals surface area contributed by atoms with Crippen molar-refractivity contribution in [3.05, 3.63) is 18.3 Å². The molecule has 0 fully saturated rings. The van der Waals surface area contributed by atoms with Crippen LogP contribution in [0.5, 0.6) is 11.6 Å². The van der Waals surface area contributed by atoms with Crippen LogP contribution in [-0.2, 0) is 0 Å². The van der Waals surface area contributed by atoms with Crippen LogP contribution in [-0.4, -0.2) is 23.7 Å². The van der Waals surface area contributed by atoms with Gasteiger partial charge >= 0.3 is 0 Å². The SMILES string of the molecule is CCCOc1cccnc1OCC(C)(N)CC. The maximum atomic E-state index is 6.02. The first-order chi connectivity index (χ1) is 8.09. The van der Waals surface area contributed by atoms with Crippen molar-refractivity contribution in [1.82, 2.24) is 4.98 Å². The van der Waals surface area contributed by atoms with E-state index in [1.54, 1.807) is 6.20 Å². The number of hydrogen-bond donors (Lipinski definition) is 1. The van der Waals surface area contributed by atoms with Gasteiger partial charge in [0, 0.05) is 11.7 Å². The smallest absolute Gasteiger partial charge is 0.257 e. The largest absolute Gasteiger partial charge is 0.488 e. The highest BCUT2D eigenvalue weighted by atomic mass is 16.5. The van der Waals surface area contributed by atoms with E-state index in [1.807, 2.05) is 26.0 Å². The van der Waals surface area contributed by atoms with Crippen molar-refractivity contribution < 1.29 is 9.47 Å². The summed E-state index contributed by atoms with van der Waals surface area (Å²) in [5.74, 6) is 1.20. The molecule has 0 radical (unpaired) electrons. The van der Waals surface area contributed by atoms with Gasteiger partial charge in [0.15, 0.2) is 5.75 Å². The van der Waals surface area contributed by atoms with E-state index in [0.29, 0.717) is 24.8 Å². The third kappa shape index (κ3) is 4.61. The highest BCUT2D eigenvalue weighted by Gasteiger charge is 2.18. The van der Waals surface area contributed by atoms with Gasteiger partial charge in [0.05, 0.1) is 6.61 Å². The van der Waals surface area contributed by atoms with E-state index in [0.717, 1.165) is 12.8 Å². The lowest BCUT2D eigenvalue weighted by atomic mass is 10.0. The van der Waals surface area contributed by atoms with Crippen LogP contribution >= 0.6 is 0 Å². The molecule has 0 saturated heterocycles. The average molecular weight is 238 g/mol. The Hall–Kier alpha value is -1.29. The standard InChI is InChI=1S/C13H22N2O2/c1-4-9-16-11-7-6-8-15-12(11)17-10-13(3,14)5-2/h6-8H,4-5,9-10,14H2,1-3H3. The summed E-state index contributed by atoms with van der Waals surface area (Å²) in [7, 11) is 0. The zero-order valence-electron chi connectivity index (χ0n) is 10.9. The molecule has 0 aromatic carbocycles. The van der Waals surface area contributed by atoms with Gasteiger partial charge in [-0.3, -0.25) is 0 Å². The minimum Gasteiger partial charge on any atom is -0.488 e. The summed E-state index contributed by atoms with van der Waals surface area (Å²) in [6.07, 6.45) is 3.50. The molecule has 17 heavy (non-hydrogen) atoms. The topological polar surface area (TPSA) is 57.4 Å². The second-order valence-electron chi connectivity index (χ2n) is 4.45.